The van der Waals surface area contributed by atoms with E-state index in [9.17, 15) is 9.59 Å². The topological polar surface area (TPSA) is 116 Å². The second kappa shape index (κ2) is 9.78. The highest BCUT2D eigenvalue weighted by molar-refractivity contribution is 6.30. The predicted octanol–water partition coefficient (Wildman–Crippen LogP) is 4.08. The van der Waals surface area contributed by atoms with E-state index in [1.165, 1.54) is 0 Å². The molecule has 3 aromatic rings. The first-order valence-electron chi connectivity index (χ1n) is 10.4. The van der Waals surface area contributed by atoms with Crippen molar-refractivity contribution in [3.05, 3.63) is 65.2 Å². The van der Waals surface area contributed by atoms with Crippen LogP contribution in [-0.2, 0) is 10.2 Å². The van der Waals surface area contributed by atoms with E-state index in [-0.39, 0.29) is 31.1 Å². The number of halogens is 1. The standard InChI is InChI=1S/C22H24ClN7O2.H2/c23-17-7-9-18(10-8-17)24-21(32)30-14-4-12-22(15-30,16-5-2-1-3-6-16)13-11-19(31)25-20-26-28-29-27-20;/h1-3,5-10H,4,11-15H2,(H,24,32)(H2,25,26,27,28,29,31);1H. The fraction of sp³-hybridized carbons (Fsp3) is 0.318. The molecule has 32 heavy (non-hydrogen) atoms. The van der Waals surface area contributed by atoms with E-state index in [1.807, 2.05) is 23.1 Å². The fourth-order valence-electron chi connectivity index (χ4n) is 4.17. The number of carbonyl (C=O) groups excluding carboxylic acids is 2. The quantitative estimate of drug-likeness (QED) is 0.517. The number of nitrogens with zero attached hydrogens (tertiary/aromatic N) is 4. The summed E-state index contributed by atoms with van der Waals surface area (Å²) in [6.45, 7) is 1.18. The number of carbonyl (C=O) groups is 2. The van der Waals surface area contributed by atoms with Crippen LogP contribution in [0.25, 0.3) is 0 Å². The summed E-state index contributed by atoms with van der Waals surface area (Å²) in [5, 5.41) is 19.5. The minimum atomic E-state index is -0.328. The Morgan fingerprint density at radius 3 is 2.62 bits per heavy atom. The van der Waals surface area contributed by atoms with Gasteiger partial charge in [0, 0.05) is 37.1 Å². The number of tetrazole rings is 1. The number of likely N-dealkylation sites (tertiary alicyclic amines) is 1. The Balaban J connectivity index is 0.00000306. The number of urea groups is 1. The molecule has 0 saturated carbocycles. The van der Waals surface area contributed by atoms with Crippen LogP contribution in [0.3, 0.4) is 0 Å². The molecule has 1 fully saturated rings. The molecule has 1 aliphatic heterocycles. The Morgan fingerprint density at radius 2 is 1.91 bits per heavy atom. The zero-order valence-corrected chi connectivity index (χ0v) is 18.2. The summed E-state index contributed by atoms with van der Waals surface area (Å²) in [7, 11) is 0. The Morgan fingerprint density at radius 1 is 1.12 bits per heavy atom. The number of piperidine rings is 1. The number of aromatic nitrogens is 4. The van der Waals surface area contributed by atoms with Gasteiger partial charge in [-0.2, -0.15) is 5.21 Å². The van der Waals surface area contributed by atoms with Crippen LogP contribution in [0.4, 0.5) is 16.4 Å². The molecule has 10 heteroatoms. The number of rotatable bonds is 6. The molecular formula is C22H26ClN7O2. The maximum atomic E-state index is 13.0. The average Bonchev–Trinajstić information content (AvgIpc) is 3.33. The molecule has 1 unspecified atom stereocenters. The van der Waals surface area contributed by atoms with Crippen molar-refractivity contribution in [2.75, 3.05) is 23.7 Å². The third-order valence-electron chi connectivity index (χ3n) is 5.77. The SMILES string of the molecule is O=C(CCC1(c2ccccc2)CCCN(C(=O)Nc2ccc(Cl)cc2)C1)Nc1nn[nH]n1.[HH]. The van der Waals surface area contributed by atoms with Gasteiger partial charge in [0.2, 0.25) is 5.91 Å². The zero-order chi connectivity index (χ0) is 22.4. The summed E-state index contributed by atoms with van der Waals surface area (Å²) in [6, 6.07) is 16.9. The summed E-state index contributed by atoms with van der Waals surface area (Å²) < 4.78 is 0. The lowest BCUT2D eigenvalue weighted by Gasteiger charge is -2.43. The van der Waals surface area contributed by atoms with E-state index in [1.54, 1.807) is 24.3 Å². The molecule has 3 amide bonds. The molecule has 4 rings (SSSR count). The summed E-state index contributed by atoms with van der Waals surface area (Å²) in [6.07, 6.45) is 2.59. The average molecular weight is 456 g/mol. The normalized spacial score (nSPS) is 18.2. The molecule has 3 N–H and O–H groups in total. The van der Waals surface area contributed by atoms with E-state index in [4.69, 9.17) is 11.6 Å². The van der Waals surface area contributed by atoms with Gasteiger partial charge in [0.15, 0.2) is 0 Å². The molecule has 1 aromatic heterocycles. The van der Waals surface area contributed by atoms with E-state index >= 15 is 0 Å². The van der Waals surface area contributed by atoms with Crippen LogP contribution >= 0.6 is 11.6 Å². The number of hydrogen-bond donors (Lipinski definition) is 3. The number of aromatic amines is 1. The Hall–Kier alpha value is -3.46. The molecule has 1 aliphatic rings. The molecule has 9 nitrogen and oxygen atoms in total. The molecule has 2 aromatic carbocycles. The lowest BCUT2D eigenvalue weighted by molar-refractivity contribution is -0.116. The summed E-state index contributed by atoms with van der Waals surface area (Å²) in [5.41, 5.74) is 1.48. The van der Waals surface area contributed by atoms with Crippen LogP contribution in [0.1, 0.15) is 32.7 Å². The van der Waals surface area contributed by atoms with Crippen molar-refractivity contribution in [1.82, 2.24) is 25.5 Å². The molecule has 0 radical (unpaired) electrons. The van der Waals surface area contributed by atoms with E-state index in [2.05, 4.69) is 43.4 Å². The minimum absolute atomic E-state index is 0. The number of benzene rings is 2. The second-order valence-electron chi connectivity index (χ2n) is 7.89. The van der Waals surface area contributed by atoms with Crippen LogP contribution in [0, 0.1) is 0 Å². The monoisotopic (exact) mass is 455 g/mol. The smallest absolute Gasteiger partial charge is 0.321 e. The third-order valence-corrected chi connectivity index (χ3v) is 6.02. The van der Waals surface area contributed by atoms with Crippen molar-refractivity contribution in [3.63, 3.8) is 0 Å². The molecule has 168 valence electrons. The van der Waals surface area contributed by atoms with Crippen molar-refractivity contribution in [2.45, 2.75) is 31.1 Å². The highest BCUT2D eigenvalue weighted by Gasteiger charge is 2.39. The van der Waals surface area contributed by atoms with Gasteiger partial charge in [-0.3, -0.25) is 10.1 Å². The predicted molar refractivity (Wildman–Crippen MR) is 124 cm³/mol. The first-order valence-corrected chi connectivity index (χ1v) is 10.8. The lowest BCUT2D eigenvalue weighted by atomic mass is 9.71. The van der Waals surface area contributed by atoms with Gasteiger partial charge >= 0.3 is 6.03 Å². The minimum Gasteiger partial charge on any atom is -0.324 e. The van der Waals surface area contributed by atoms with Gasteiger partial charge in [-0.1, -0.05) is 47.0 Å². The van der Waals surface area contributed by atoms with Gasteiger partial charge in [-0.15, -0.1) is 5.10 Å². The molecule has 1 saturated heterocycles. The van der Waals surface area contributed by atoms with Gasteiger partial charge in [0.05, 0.1) is 0 Å². The van der Waals surface area contributed by atoms with Gasteiger partial charge in [0.25, 0.3) is 5.95 Å². The van der Waals surface area contributed by atoms with E-state index < -0.39 is 0 Å². The highest BCUT2D eigenvalue weighted by atomic mass is 35.5. The Kier molecular flexibility index (Phi) is 6.65. The maximum Gasteiger partial charge on any atom is 0.321 e. The van der Waals surface area contributed by atoms with Crippen molar-refractivity contribution >= 4 is 35.2 Å². The van der Waals surface area contributed by atoms with Crippen LogP contribution in [0.15, 0.2) is 54.6 Å². The molecule has 1 atom stereocenters. The zero-order valence-electron chi connectivity index (χ0n) is 17.4. The van der Waals surface area contributed by atoms with E-state index in [0.717, 1.165) is 18.4 Å². The number of hydrogen-bond acceptors (Lipinski definition) is 5. The van der Waals surface area contributed by atoms with Gasteiger partial charge in [-0.25, -0.2) is 4.79 Å². The first-order chi connectivity index (χ1) is 15.5. The molecule has 0 bridgehead atoms. The van der Waals surface area contributed by atoms with Gasteiger partial charge in [0.1, 0.15) is 0 Å². The third kappa shape index (κ3) is 5.23. The highest BCUT2D eigenvalue weighted by Crippen LogP contribution is 2.38. The lowest BCUT2D eigenvalue weighted by Crippen LogP contribution is -2.50. The van der Waals surface area contributed by atoms with Gasteiger partial charge < -0.3 is 10.2 Å². The van der Waals surface area contributed by atoms with E-state index in [0.29, 0.717) is 30.2 Å². The van der Waals surface area contributed by atoms with Crippen molar-refractivity contribution in [1.29, 1.82) is 0 Å². The summed E-state index contributed by atoms with van der Waals surface area (Å²) in [5.74, 6) is -0.0409. The second-order valence-corrected chi connectivity index (χ2v) is 8.33. The van der Waals surface area contributed by atoms with Crippen LogP contribution in [-0.4, -0.2) is 50.6 Å². The maximum absolute atomic E-state index is 13.0. The number of H-pyrrole nitrogens is 1. The van der Waals surface area contributed by atoms with Crippen LogP contribution < -0.4 is 10.6 Å². The van der Waals surface area contributed by atoms with Crippen molar-refractivity contribution < 1.29 is 11.0 Å². The van der Waals surface area contributed by atoms with Crippen molar-refractivity contribution in [3.8, 4) is 0 Å². The Labute approximate surface area is 192 Å². The number of anilines is 2. The Bertz CT molecular complexity index is 1050. The van der Waals surface area contributed by atoms with Crippen LogP contribution in [0.2, 0.25) is 5.02 Å². The molecule has 0 spiro atoms. The van der Waals surface area contributed by atoms with Crippen molar-refractivity contribution in [2.24, 2.45) is 0 Å². The number of nitrogens with one attached hydrogen (secondary N) is 3. The molecule has 2 heterocycles. The number of amides is 3. The van der Waals surface area contributed by atoms with Crippen LogP contribution in [0.5, 0.6) is 0 Å². The molecule has 0 aliphatic carbocycles. The summed E-state index contributed by atoms with van der Waals surface area (Å²) in [4.78, 5) is 27.3. The fourth-order valence-corrected chi connectivity index (χ4v) is 4.30. The molecular weight excluding hydrogens is 430 g/mol. The largest absolute Gasteiger partial charge is 0.324 e. The summed E-state index contributed by atoms with van der Waals surface area (Å²) >= 11 is 5.94. The van der Waals surface area contributed by atoms with Gasteiger partial charge in [-0.05, 0) is 54.3 Å². The first kappa shape index (κ1) is 21.8.